The van der Waals surface area contributed by atoms with Crippen LogP contribution in [0.15, 0.2) is 24.3 Å². The molecule has 9 heteroatoms. The number of carboxylic acid groups (broad SMARTS) is 1. The van der Waals surface area contributed by atoms with Gasteiger partial charge in [0, 0.05) is 17.3 Å². The van der Waals surface area contributed by atoms with Gasteiger partial charge in [-0.3, -0.25) is 9.59 Å². The van der Waals surface area contributed by atoms with E-state index in [4.69, 9.17) is 11.6 Å². The smallest absolute Gasteiger partial charge is 0.471 e. The molecule has 2 unspecified atom stereocenters. The molecule has 0 radical (unpaired) electrons. The third-order valence-corrected chi connectivity index (χ3v) is 3.91. The second-order valence-electron chi connectivity index (χ2n) is 5.15. The van der Waals surface area contributed by atoms with E-state index in [-0.39, 0.29) is 18.7 Å². The Morgan fingerprint density at radius 1 is 1.26 bits per heavy atom. The van der Waals surface area contributed by atoms with E-state index in [2.05, 4.69) is 5.32 Å². The zero-order valence-corrected chi connectivity index (χ0v) is 12.6. The molecular formula is C14H14ClF3N2O3. The van der Waals surface area contributed by atoms with Crippen LogP contribution >= 0.6 is 11.6 Å². The highest BCUT2D eigenvalue weighted by Crippen LogP contribution is 2.31. The molecule has 2 N–H and O–H groups in total. The molecule has 23 heavy (non-hydrogen) atoms. The number of amides is 1. The van der Waals surface area contributed by atoms with Crippen LogP contribution in [0.2, 0.25) is 5.02 Å². The minimum atomic E-state index is -5.10. The van der Waals surface area contributed by atoms with Crippen LogP contribution in [0.3, 0.4) is 0 Å². The largest absolute Gasteiger partial charge is 0.481 e. The van der Waals surface area contributed by atoms with Crippen LogP contribution < -0.4 is 10.2 Å². The van der Waals surface area contributed by atoms with E-state index < -0.39 is 30.0 Å². The molecule has 1 amide bonds. The first-order valence-corrected chi connectivity index (χ1v) is 7.19. The topological polar surface area (TPSA) is 69.6 Å². The van der Waals surface area contributed by atoms with Crippen LogP contribution in [0.1, 0.15) is 6.42 Å². The van der Waals surface area contributed by atoms with Gasteiger partial charge in [0.15, 0.2) is 0 Å². The molecule has 1 heterocycles. The van der Waals surface area contributed by atoms with Gasteiger partial charge in [-0.1, -0.05) is 11.6 Å². The summed E-state index contributed by atoms with van der Waals surface area (Å²) >= 11 is 5.72. The van der Waals surface area contributed by atoms with Gasteiger partial charge >= 0.3 is 18.1 Å². The third kappa shape index (κ3) is 3.94. The molecule has 2 atom stereocenters. The highest BCUT2D eigenvalue weighted by atomic mass is 35.5. The van der Waals surface area contributed by atoms with E-state index >= 15 is 0 Å². The van der Waals surface area contributed by atoms with Crippen LogP contribution in [0.25, 0.3) is 0 Å². The maximum Gasteiger partial charge on any atom is 0.471 e. The van der Waals surface area contributed by atoms with E-state index in [0.717, 1.165) is 0 Å². The van der Waals surface area contributed by atoms with E-state index in [1.807, 2.05) is 0 Å². The average molecular weight is 351 g/mol. The lowest BCUT2D eigenvalue weighted by Crippen LogP contribution is -2.57. The van der Waals surface area contributed by atoms with E-state index in [9.17, 15) is 27.9 Å². The predicted octanol–water partition coefficient (Wildman–Crippen LogP) is 2.30. The number of hydrogen-bond acceptors (Lipinski definition) is 3. The second kappa shape index (κ2) is 6.76. The minimum Gasteiger partial charge on any atom is -0.481 e. The summed E-state index contributed by atoms with van der Waals surface area (Å²) in [7, 11) is 0. The number of anilines is 1. The summed E-state index contributed by atoms with van der Waals surface area (Å²) in [6.07, 6.45) is -5.00. The second-order valence-corrected chi connectivity index (χ2v) is 5.59. The number of nitrogens with zero attached hydrogens (tertiary/aromatic N) is 1. The lowest BCUT2D eigenvalue weighted by Gasteiger charge is -2.38. The fraction of sp³-hybridized carbons (Fsp3) is 0.429. The van der Waals surface area contributed by atoms with Gasteiger partial charge in [-0.15, -0.1) is 0 Å². The Balaban J connectivity index is 2.45. The number of piperidine rings is 1. The highest BCUT2D eigenvalue weighted by molar-refractivity contribution is 6.30. The van der Waals surface area contributed by atoms with Gasteiger partial charge in [-0.05, 0) is 37.2 Å². The van der Waals surface area contributed by atoms with Crippen molar-refractivity contribution in [3.05, 3.63) is 29.3 Å². The molecule has 1 fully saturated rings. The molecule has 2 rings (SSSR count). The van der Waals surface area contributed by atoms with E-state index in [0.29, 0.717) is 16.5 Å². The van der Waals surface area contributed by atoms with Gasteiger partial charge in [0.1, 0.15) is 0 Å². The maximum atomic E-state index is 13.0. The molecule has 0 aliphatic carbocycles. The molecular weight excluding hydrogens is 337 g/mol. The maximum absolute atomic E-state index is 13.0. The van der Waals surface area contributed by atoms with Crippen LogP contribution in [-0.2, 0) is 9.59 Å². The molecule has 0 saturated carbocycles. The number of aliphatic carboxylic acids is 1. The molecule has 1 aromatic rings. The zero-order valence-electron chi connectivity index (χ0n) is 11.8. The van der Waals surface area contributed by atoms with Crippen LogP contribution in [0, 0.1) is 5.92 Å². The Morgan fingerprint density at radius 3 is 2.39 bits per heavy atom. The number of carbonyl (C=O) groups is 2. The first-order valence-electron chi connectivity index (χ1n) is 6.81. The summed E-state index contributed by atoms with van der Waals surface area (Å²) in [5, 5.41) is 12.4. The molecule has 1 aliphatic rings. The normalized spacial score (nSPS) is 21.7. The van der Waals surface area contributed by atoms with Crippen molar-refractivity contribution in [3.63, 3.8) is 0 Å². The number of halogens is 4. The van der Waals surface area contributed by atoms with Crippen LogP contribution in [-0.4, -0.2) is 42.3 Å². The summed E-state index contributed by atoms with van der Waals surface area (Å²) in [5.74, 6) is -4.47. The third-order valence-electron chi connectivity index (χ3n) is 3.66. The average Bonchev–Trinajstić information content (AvgIpc) is 2.49. The summed E-state index contributed by atoms with van der Waals surface area (Å²) in [6, 6.07) is 4.15. The number of carbonyl (C=O) groups excluding carboxylic acids is 1. The summed E-state index contributed by atoms with van der Waals surface area (Å²) in [4.78, 5) is 23.7. The van der Waals surface area contributed by atoms with E-state index in [1.165, 1.54) is 24.3 Å². The SMILES string of the molecule is O=C(O)C1CNCCC1N(C(=O)C(F)(F)F)c1ccc(Cl)cc1. The zero-order chi connectivity index (χ0) is 17.2. The molecule has 5 nitrogen and oxygen atoms in total. The molecule has 1 aliphatic heterocycles. The lowest BCUT2D eigenvalue weighted by atomic mass is 9.91. The lowest BCUT2D eigenvalue weighted by molar-refractivity contribution is -0.171. The van der Waals surface area contributed by atoms with Gasteiger partial charge in [-0.2, -0.15) is 13.2 Å². The highest BCUT2D eigenvalue weighted by Gasteiger charge is 2.48. The summed E-state index contributed by atoms with van der Waals surface area (Å²) < 4.78 is 38.9. The Morgan fingerprint density at radius 2 is 1.87 bits per heavy atom. The molecule has 0 aromatic heterocycles. The van der Waals surface area contributed by atoms with Crippen LogP contribution in [0.4, 0.5) is 18.9 Å². The number of rotatable bonds is 3. The summed E-state index contributed by atoms with van der Waals surface area (Å²) in [5.41, 5.74) is -0.0325. The van der Waals surface area contributed by atoms with Crippen molar-refractivity contribution in [1.29, 1.82) is 0 Å². The fourth-order valence-corrected chi connectivity index (χ4v) is 2.73. The first kappa shape index (κ1) is 17.6. The molecule has 1 saturated heterocycles. The Labute approximate surface area is 135 Å². The monoisotopic (exact) mass is 350 g/mol. The number of carboxylic acids is 1. The quantitative estimate of drug-likeness (QED) is 0.877. The van der Waals surface area contributed by atoms with E-state index in [1.54, 1.807) is 0 Å². The number of nitrogens with one attached hydrogen (secondary N) is 1. The molecule has 0 spiro atoms. The van der Waals surface area contributed by atoms with Crippen molar-refractivity contribution in [1.82, 2.24) is 5.32 Å². The van der Waals surface area contributed by atoms with Crippen molar-refractivity contribution in [3.8, 4) is 0 Å². The van der Waals surface area contributed by atoms with Crippen molar-refractivity contribution in [2.24, 2.45) is 5.92 Å². The summed E-state index contributed by atoms with van der Waals surface area (Å²) in [6.45, 7) is 0.318. The molecule has 1 aromatic carbocycles. The number of alkyl halides is 3. The predicted molar refractivity (Wildman–Crippen MR) is 77.4 cm³/mol. The Kier molecular flexibility index (Phi) is 5.16. The van der Waals surface area contributed by atoms with Crippen molar-refractivity contribution in [2.45, 2.75) is 18.6 Å². The van der Waals surface area contributed by atoms with Crippen molar-refractivity contribution >= 4 is 29.2 Å². The number of benzene rings is 1. The van der Waals surface area contributed by atoms with Gasteiger partial charge in [0.05, 0.1) is 12.0 Å². The van der Waals surface area contributed by atoms with Gasteiger partial charge in [0.25, 0.3) is 0 Å². The number of hydrogen-bond donors (Lipinski definition) is 2. The van der Waals surface area contributed by atoms with Gasteiger partial charge < -0.3 is 15.3 Å². The van der Waals surface area contributed by atoms with Gasteiger partial charge in [-0.25, -0.2) is 0 Å². The fourth-order valence-electron chi connectivity index (χ4n) is 2.60. The van der Waals surface area contributed by atoms with Gasteiger partial charge in [0.2, 0.25) is 0 Å². The standard InChI is InChI=1S/C14H14ClF3N2O3/c15-8-1-3-9(4-2-8)20(13(23)14(16,17)18)11-5-6-19-7-10(11)12(21)22/h1-4,10-11,19H,5-7H2,(H,21,22). The van der Waals surface area contributed by atoms with Crippen molar-refractivity contribution < 1.29 is 27.9 Å². The molecule has 126 valence electrons. The van der Waals surface area contributed by atoms with Crippen LogP contribution in [0.5, 0.6) is 0 Å². The molecule has 0 bridgehead atoms. The Bertz CT molecular complexity index is 592. The van der Waals surface area contributed by atoms with Crippen molar-refractivity contribution in [2.75, 3.05) is 18.0 Å². The minimum absolute atomic E-state index is 0.00474. The first-order chi connectivity index (χ1) is 10.7. The Hall–Kier alpha value is -1.80.